The van der Waals surface area contributed by atoms with E-state index in [2.05, 4.69) is 9.84 Å². The van der Waals surface area contributed by atoms with Crippen molar-refractivity contribution in [3.05, 3.63) is 108 Å². The van der Waals surface area contributed by atoms with Gasteiger partial charge in [0.25, 0.3) is 0 Å². The maximum Gasteiger partial charge on any atom is 0.524 e. The summed E-state index contributed by atoms with van der Waals surface area (Å²) >= 11 is 0. The number of phosphoric acid groups is 1. The number of carbonyl (C=O) groups excluding carboxylic acids is 3. The molecule has 1 aliphatic rings. The lowest BCUT2D eigenvalue weighted by Gasteiger charge is -2.36. The summed E-state index contributed by atoms with van der Waals surface area (Å²) in [4.78, 5) is 62.5. The Bertz CT molecular complexity index is 1490. The Labute approximate surface area is 263 Å². The molecule has 10 nitrogen and oxygen atoms in total. The van der Waals surface area contributed by atoms with Gasteiger partial charge >= 0.3 is 7.82 Å². The molecular formula is C34H40N3O7P. The topological polar surface area (TPSA) is 136 Å². The number of phosphoric ester groups is 1. The van der Waals surface area contributed by atoms with Crippen LogP contribution in [0.1, 0.15) is 50.3 Å². The molecule has 0 aliphatic carbocycles. The van der Waals surface area contributed by atoms with Gasteiger partial charge in [-0.3, -0.25) is 24.2 Å². The van der Waals surface area contributed by atoms with Crippen molar-refractivity contribution in [2.75, 3.05) is 6.54 Å². The van der Waals surface area contributed by atoms with Crippen molar-refractivity contribution < 1.29 is 33.3 Å². The van der Waals surface area contributed by atoms with Crippen molar-refractivity contribution in [2.24, 2.45) is 5.41 Å². The molecule has 0 spiro atoms. The van der Waals surface area contributed by atoms with Crippen LogP contribution in [0.25, 0.3) is 6.08 Å². The number of likely N-dealkylation sites (tertiary alicyclic amines) is 1. The number of hydrogen-bond donors (Lipinski definition) is 3. The minimum Gasteiger partial charge on any atom is -0.404 e. The van der Waals surface area contributed by atoms with Gasteiger partial charge in [0.1, 0.15) is 17.8 Å². The average Bonchev–Trinajstić information content (AvgIpc) is 3.48. The lowest BCUT2D eigenvalue weighted by molar-refractivity contribution is -0.147. The van der Waals surface area contributed by atoms with E-state index in [-0.39, 0.29) is 17.6 Å². The van der Waals surface area contributed by atoms with Gasteiger partial charge in [-0.25, -0.2) is 4.57 Å². The number of carbonyl (C=O) groups is 3. The molecule has 3 amide bonds. The molecule has 238 valence electrons. The first-order chi connectivity index (χ1) is 21.3. The molecule has 1 saturated heterocycles. The molecule has 2 atom stereocenters. The molecule has 1 heterocycles. The van der Waals surface area contributed by atoms with E-state index < -0.39 is 31.2 Å². The van der Waals surface area contributed by atoms with E-state index in [4.69, 9.17) is 9.79 Å². The largest absolute Gasteiger partial charge is 0.524 e. The van der Waals surface area contributed by atoms with E-state index >= 15 is 0 Å². The Morgan fingerprint density at radius 1 is 0.956 bits per heavy atom. The van der Waals surface area contributed by atoms with Crippen LogP contribution < -0.4 is 9.84 Å². The second kappa shape index (κ2) is 14.7. The quantitative estimate of drug-likeness (QED) is 0.201. The SMILES string of the molecule is CC(C)(C)C(NC(=O)/C=C/c1ccc(OP(=O)(O)O)cc1)C(=O)N1CCCC1C(=O)N(Cc1ccccc1)Cc1ccccc1. The minimum atomic E-state index is -4.68. The van der Waals surface area contributed by atoms with Crippen LogP contribution in [-0.2, 0) is 32.0 Å². The first-order valence-electron chi connectivity index (χ1n) is 14.8. The molecule has 4 rings (SSSR count). The Hall–Kier alpha value is -4.24. The maximum absolute atomic E-state index is 14.1. The number of rotatable bonds is 11. The molecule has 1 fully saturated rings. The highest BCUT2D eigenvalue weighted by Crippen LogP contribution is 2.37. The van der Waals surface area contributed by atoms with E-state index in [1.54, 1.807) is 9.80 Å². The van der Waals surface area contributed by atoms with Gasteiger partial charge in [0.05, 0.1) is 0 Å². The normalized spacial score (nSPS) is 15.9. The fourth-order valence-corrected chi connectivity index (χ4v) is 5.67. The Balaban J connectivity index is 1.48. The smallest absolute Gasteiger partial charge is 0.404 e. The lowest BCUT2D eigenvalue weighted by atomic mass is 9.85. The molecular weight excluding hydrogens is 593 g/mol. The van der Waals surface area contributed by atoms with Crippen LogP contribution in [-0.4, -0.2) is 55.9 Å². The summed E-state index contributed by atoms with van der Waals surface area (Å²) in [6.45, 7) is 6.82. The standard InChI is InChI=1S/C34H40N3O7P/c1-34(2,3)31(35-30(38)21-18-25-16-19-28(20-17-25)44-45(41,42)43)33(40)37-22-10-15-29(37)32(39)36(23-26-11-6-4-7-12-26)24-27-13-8-5-9-14-27/h4-9,11-14,16-21,29,31H,10,15,22-24H2,1-3H3,(H,35,38)(H2,41,42,43)/b21-18+. The Morgan fingerprint density at radius 3 is 2.02 bits per heavy atom. The third-order valence-electron chi connectivity index (χ3n) is 7.50. The minimum absolute atomic E-state index is 0.0101. The van der Waals surface area contributed by atoms with Crippen LogP contribution in [0.3, 0.4) is 0 Å². The van der Waals surface area contributed by atoms with E-state index in [0.717, 1.165) is 11.1 Å². The number of amides is 3. The molecule has 11 heteroatoms. The van der Waals surface area contributed by atoms with Gasteiger partial charge in [0, 0.05) is 25.7 Å². The van der Waals surface area contributed by atoms with Crippen molar-refractivity contribution in [1.82, 2.24) is 15.1 Å². The molecule has 45 heavy (non-hydrogen) atoms. The molecule has 0 aromatic heterocycles. The molecule has 3 aromatic carbocycles. The van der Waals surface area contributed by atoms with Crippen molar-refractivity contribution in [2.45, 2.75) is 58.8 Å². The molecule has 0 bridgehead atoms. The third kappa shape index (κ3) is 9.88. The van der Waals surface area contributed by atoms with E-state index in [1.807, 2.05) is 81.4 Å². The molecule has 1 aliphatic heterocycles. The van der Waals surface area contributed by atoms with E-state index in [9.17, 15) is 18.9 Å². The summed E-state index contributed by atoms with van der Waals surface area (Å²) in [6.07, 6.45) is 4.03. The summed E-state index contributed by atoms with van der Waals surface area (Å²) in [5.74, 6) is -0.933. The van der Waals surface area contributed by atoms with Gasteiger partial charge in [-0.2, -0.15) is 0 Å². The highest BCUT2D eigenvalue weighted by molar-refractivity contribution is 7.46. The van der Waals surface area contributed by atoms with E-state index in [0.29, 0.717) is 38.0 Å². The van der Waals surface area contributed by atoms with Crippen molar-refractivity contribution in [3.8, 4) is 5.75 Å². The Morgan fingerprint density at radius 2 is 1.51 bits per heavy atom. The number of hydrogen-bond acceptors (Lipinski definition) is 5. The maximum atomic E-state index is 14.1. The van der Waals surface area contributed by atoms with Crippen molar-refractivity contribution in [3.63, 3.8) is 0 Å². The average molecular weight is 634 g/mol. The van der Waals surface area contributed by atoms with Gasteiger partial charge in [-0.1, -0.05) is 93.6 Å². The second-order valence-electron chi connectivity index (χ2n) is 12.1. The van der Waals surface area contributed by atoms with Crippen molar-refractivity contribution >= 4 is 31.6 Å². The number of benzene rings is 3. The second-order valence-corrected chi connectivity index (χ2v) is 13.3. The van der Waals surface area contributed by atoms with Crippen LogP contribution in [0.2, 0.25) is 0 Å². The predicted molar refractivity (Wildman–Crippen MR) is 171 cm³/mol. The fourth-order valence-electron chi connectivity index (χ4n) is 5.27. The Kier molecular flexibility index (Phi) is 11.0. The summed E-state index contributed by atoms with van der Waals surface area (Å²) < 4.78 is 15.6. The van der Waals surface area contributed by atoms with E-state index in [1.165, 1.54) is 36.4 Å². The van der Waals surface area contributed by atoms with Crippen LogP contribution in [0, 0.1) is 5.41 Å². The van der Waals surface area contributed by atoms with Gasteiger partial charge in [0.15, 0.2) is 0 Å². The van der Waals surface area contributed by atoms with Crippen LogP contribution in [0.15, 0.2) is 91.0 Å². The highest BCUT2D eigenvalue weighted by Gasteiger charge is 2.42. The molecule has 3 aromatic rings. The number of nitrogens with one attached hydrogen (secondary N) is 1. The van der Waals surface area contributed by atoms with Crippen LogP contribution in [0.4, 0.5) is 0 Å². The van der Waals surface area contributed by atoms with Crippen molar-refractivity contribution in [1.29, 1.82) is 0 Å². The summed E-state index contributed by atoms with van der Waals surface area (Å²) in [7, 11) is -4.68. The summed E-state index contributed by atoms with van der Waals surface area (Å²) in [6, 6.07) is 23.8. The number of nitrogens with zero attached hydrogens (tertiary/aromatic N) is 2. The fraction of sp³-hybridized carbons (Fsp3) is 0.324. The van der Waals surface area contributed by atoms with Gasteiger partial charge in [-0.15, -0.1) is 0 Å². The molecule has 2 unspecified atom stereocenters. The third-order valence-corrected chi connectivity index (χ3v) is 7.94. The van der Waals surface area contributed by atoms with Gasteiger partial charge in [-0.05, 0) is 53.2 Å². The zero-order valence-corrected chi connectivity index (χ0v) is 26.6. The van der Waals surface area contributed by atoms with Gasteiger partial charge in [0.2, 0.25) is 17.7 Å². The van der Waals surface area contributed by atoms with Gasteiger partial charge < -0.3 is 19.6 Å². The summed E-state index contributed by atoms with van der Waals surface area (Å²) in [5.41, 5.74) is 1.93. The highest BCUT2D eigenvalue weighted by atomic mass is 31.2. The first-order valence-corrected chi connectivity index (χ1v) is 16.3. The summed E-state index contributed by atoms with van der Waals surface area (Å²) in [5, 5.41) is 2.85. The van der Waals surface area contributed by atoms with Crippen LogP contribution >= 0.6 is 7.82 Å². The lowest BCUT2D eigenvalue weighted by Crippen LogP contribution is -2.57. The molecule has 0 radical (unpaired) electrons. The molecule has 3 N–H and O–H groups in total. The zero-order chi connectivity index (χ0) is 32.6. The van der Waals surface area contributed by atoms with Crippen LogP contribution in [0.5, 0.6) is 5.75 Å². The molecule has 0 saturated carbocycles. The zero-order valence-electron chi connectivity index (χ0n) is 25.7. The predicted octanol–water partition coefficient (Wildman–Crippen LogP) is 4.92. The monoisotopic (exact) mass is 633 g/mol. The first kappa shape index (κ1) is 33.6.